The fourth-order valence-electron chi connectivity index (χ4n) is 2.49. The van der Waals surface area contributed by atoms with Gasteiger partial charge in [0, 0.05) is 13.7 Å². The molecule has 1 N–H and O–H groups in total. The maximum absolute atomic E-state index is 5.56. The number of ether oxygens (including phenoxy) is 1. The Bertz CT molecular complexity index is 387. The van der Waals surface area contributed by atoms with Crippen LogP contribution in [0, 0.1) is 6.92 Å². The SMILES string of the molecule is CCCNCC(CCC(C)(C)OC)c1ccccc1C. The van der Waals surface area contributed by atoms with Crippen molar-refractivity contribution >= 4 is 0 Å². The molecule has 0 aliphatic rings. The van der Waals surface area contributed by atoms with Gasteiger partial charge in [0.2, 0.25) is 0 Å². The van der Waals surface area contributed by atoms with E-state index >= 15 is 0 Å². The first-order valence-electron chi connectivity index (χ1n) is 7.81. The first-order chi connectivity index (χ1) is 9.50. The van der Waals surface area contributed by atoms with Gasteiger partial charge in [-0.2, -0.15) is 0 Å². The van der Waals surface area contributed by atoms with Crippen LogP contribution in [0.3, 0.4) is 0 Å². The van der Waals surface area contributed by atoms with Crippen molar-refractivity contribution in [2.24, 2.45) is 0 Å². The van der Waals surface area contributed by atoms with E-state index in [4.69, 9.17) is 4.74 Å². The maximum Gasteiger partial charge on any atom is 0.0623 e. The van der Waals surface area contributed by atoms with Gasteiger partial charge in [-0.05, 0) is 63.6 Å². The van der Waals surface area contributed by atoms with Crippen LogP contribution in [0.1, 0.15) is 57.1 Å². The van der Waals surface area contributed by atoms with Crippen molar-refractivity contribution in [1.29, 1.82) is 0 Å². The average molecular weight is 277 g/mol. The van der Waals surface area contributed by atoms with Gasteiger partial charge in [-0.1, -0.05) is 31.2 Å². The number of hydrogen-bond donors (Lipinski definition) is 1. The molecule has 0 aromatic heterocycles. The standard InChI is InChI=1S/C18H31NO/c1-6-13-19-14-16(11-12-18(3,4)20-5)17-10-8-7-9-15(17)2/h7-10,16,19H,6,11-14H2,1-5H3. The number of nitrogens with one attached hydrogen (secondary N) is 1. The van der Waals surface area contributed by atoms with Gasteiger partial charge in [0.1, 0.15) is 0 Å². The van der Waals surface area contributed by atoms with E-state index in [1.54, 1.807) is 7.11 Å². The number of rotatable bonds is 9. The highest BCUT2D eigenvalue weighted by Crippen LogP contribution is 2.27. The minimum atomic E-state index is -0.0360. The lowest BCUT2D eigenvalue weighted by molar-refractivity contribution is 0.0124. The largest absolute Gasteiger partial charge is 0.379 e. The third-order valence-corrected chi connectivity index (χ3v) is 4.09. The molecule has 0 saturated carbocycles. The molecule has 1 atom stereocenters. The zero-order valence-electron chi connectivity index (χ0n) is 13.8. The molecule has 1 aromatic rings. The normalized spacial score (nSPS) is 13.4. The first-order valence-corrected chi connectivity index (χ1v) is 7.81. The Morgan fingerprint density at radius 1 is 1.25 bits per heavy atom. The highest BCUT2D eigenvalue weighted by Gasteiger charge is 2.20. The van der Waals surface area contributed by atoms with Crippen molar-refractivity contribution in [1.82, 2.24) is 5.32 Å². The Labute approximate surface area is 124 Å². The molecule has 0 fully saturated rings. The molecular formula is C18H31NO. The molecule has 1 unspecified atom stereocenters. The quantitative estimate of drug-likeness (QED) is 0.680. The van der Waals surface area contributed by atoms with E-state index in [-0.39, 0.29) is 5.60 Å². The second-order valence-electron chi connectivity index (χ2n) is 6.26. The van der Waals surface area contributed by atoms with E-state index in [0.717, 1.165) is 25.9 Å². The summed E-state index contributed by atoms with van der Waals surface area (Å²) in [5.74, 6) is 0.567. The summed E-state index contributed by atoms with van der Waals surface area (Å²) >= 11 is 0. The molecule has 2 heteroatoms. The number of aryl methyl sites for hydroxylation is 1. The van der Waals surface area contributed by atoms with E-state index in [1.807, 2.05) is 0 Å². The summed E-state index contributed by atoms with van der Waals surface area (Å²) in [6.07, 6.45) is 3.42. The van der Waals surface area contributed by atoms with Crippen LogP contribution in [0.2, 0.25) is 0 Å². The summed E-state index contributed by atoms with van der Waals surface area (Å²) in [6, 6.07) is 8.75. The molecule has 0 amide bonds. The molecule has 0 spiro atoms. The molecule has 1 rings (SSSR count). The Morgan fingerprint density at radius 3 is 2.55 bits per heavy atom. The van der Waals surface area contributed by atoms with Crippen LogP contribution in [0.25, 0.3) is 0 Å². The predicted octanol–water partition coefficient (Wildman–Crippen LogP) is 4.28. The molecule has 0 aliphatic carbocycles. The van der Waals surface area contributed by atoms with Crippen molar-refractivity contribution in [3.05, 3.63) is 35.4 Å². The van der Waals surface area contributed by atoms with Crippen LogP contribution in [0.5, 0.6) is 0 Å². The molecule has 0 aliphatic heterocycles. The van der Waals surface area contributed by atoms with Gasteiger partial charge in [-0.25, -0.2) is 0 Å². The zero-order chi connectivity index (χ0) is 15.0. The molecule has 2 nitrogen and oxygen atoms in total. The first kappa shape index (κ1) is 17.2. The van der Waals surface area contributed by atoms with Crippen LogP contribution in [0.15, 0.2) is 24.3 Å². The lowest BCUT2D eigenvalue weighted by atomic mass is 9.87. The van der Waals surface area contributed by atoms with Crippen LogP contribution in [-0.4, -0.2) is 25.8 Å². The monoisotopic (exact) mass is 277 g/mol. The molecule has 0 saturated heterocycles. The van der Waals surface area contributed by atoms with Crippen molar-refractivity contribution in [2.45, 2.75) is 58.5 Å². The third kappa shape index (κ3) is 5.64. The predicted molar refractivity (Wildman–Crippen MR) is 87.4 cm³/mol. The Balaban J connectivity index is 2.72. The van der Waals surface area contributed by atoms with E-state index in [1.165, 1.54) is 17.5 Å². The Kier molecular flexibility index (Phi) is 7.25. The fourth-order valence-corrected chi connectivity index (χ4v) is 2.49. The van der Waals surface area contributed by atoms with Gasteiger partial charge in [0.25, 0.3) is 0 Å². The second-order valence-corrected chi connectivity index (χ2v) is 6.26. The number of methoxy groups -OCH3 is 1. The maximum atomic E-state index is 5.56. The topological polar surface area (TPSA) is 21.3 Å². The lowest BCUT2D eigenvalue weighted by Gasteiger charge is -2.27. The number of benzene rings is 1. The van der Waals surface area contributed by atoms with Crippen LogP contribution in [-0.2, 0) is 4.74 Å². The highest BCUT2D eigenvalue weighted by molar-refractivity contribution is 5.29. The van der Waals surface area contributed by atoms with Crippen LogP contribution >= 0.6 is 0 Å². The molecule has 0 heterocycles. The summed E-state index contributed by atoms with van der Waals surface area (Å²) in [4.78, 5) is 0. The number of hydrogen-bond acceptors (Lipinski definition) is 2. The van der Waals surface area contributed by atoms with Crippen molar-refractivity contribution < 1.29 is 4.74 Å². The third-order valence-electron chi connectivity index (χ3n) is 4.09. The van der Waals surface area contributed by atoms with Crippen LogP contribution in [0.4, 0.5) is 0 Å². The summed E-state index contributed by atoms with van der Waals surface area (Å²) in [5, 5.41) is 3.57. The van der Waals surface area contributed by atoms with E-state index in [9.17, 15) is 0 Å². The van der Waals surface area contributed by atoms with E-state index < -0.39 is 0 Å². The second kappa shape index (κ2) is 8.43. The minimum absolute atomic E-state index is 0.0360. The van der Waals surface area contributed by atoms with Crippen molar-refractivity contribution in [3.8, 4) is 0 Å². The van der Waals surface area contributed by atoms with Crippen LogP contribution < -0.4 is 5.32 Å². The smallest absolute Gasteiger partial charge is 0.0623 e. The summed E-state index contributed by atoms with van der Waals surface area (Å²) in [6.45, 7) is 10.9. The average Bonchev–Trinajstić information content (AvgIpc) is 2.44. The van der Waals surface area contributed by atoms with Gasteiger partial charge in [0.05, 0.1) is 5.60 Å². The summed E-state index contributed by atoms with van der Waals surface area (Å²) in [5.41, 5.74) is 2.83. The van der Waals surface area contributed by atoms with Crippen molar-refractivity contribution in [3.63, 3.8) is 0 Å². The molecule has 114 valence electrons. The molecular weight excluding hydrogens is 246 g/mol. The molecule has 20 heavy (non-hydrogen) atoms. The lowest BCUT2D eigenvalue weighted by Crippen LogP contribution is -2.27. The van der Waals surface area contributed by atoms with Gasteiger partial charge >= 0.3 is 0 Å². The van der Waals surface area contributed by atoms with Gasteiger partial charge in [-0.3, -0.25) is 0 Å². The Morgan fingerprint density at radius 2 is 1.95 bits per heavy atom. The summed E-state index contributed by atoms with van der Waals surface area (Å²) in [7, 11) is 1.80. The van der Waals surface area contributed by atoms with E-state index in [0.29, 0.717) is 5.92 Å². The Hall–Kier alpha value is -0.860. The van der Waals surface area contributed by atoms with Gasteiger partial charge < -0.3 is 10.1 Å². The summed E-state index contributed by atoms with van der Waals surface area (Å²) < 4.78 is 5.56. The van der Waals surface area contributed by atoms with Gasteiger partial charge in [-0.15, -0.1) is 0 Å². The fraction of sp³-hybridized carbons (Fsp3) is 0.667. The zero-order valence-corrected chi connectivity index (χ0v) is 13.8. The van der Waals surface area contributed by atoms with Gasteiger partial charge in [0.15, 0.2) is 0 Å². The molecule has 0 radical (unpaired) electrons. The molecule has 0 bridgehead atoms. The molecule has 1 aromatic carbocycles. The highest BCUT2D eigenvalue weighted by atomic mass is 16.5. The van der Waals surface area contributed by atoms with Crippen molar-refractivity contribution in [2.75, 3.05) is 20.2 Å². The van der Waals surface area contributed by atoms with E-state index in [2.05, 4.69) is 57.3 Å². The minimum Gasteiger partial charge on any atom is -0.379 e.